The molecule has 3 atom stereocenters. The Labute approximate surface area is 354 Å². The van der Waals surface area contributed by atoms with Gasteiger partial charge in [0.1, 0.15) is 30.2 Å². The van der Waals surface area contributed by atoms with Crippen LogP contribution in [0.15, 0.2) is 48.5 Å². The highest BCUT2D eigenvalue weighted by Gasteiger charge is 2.29. The molecule has 22 heteroatoms. The Hall–Kier alpha value is -7.39. The molecule has 0 aliphatic rings. The van der Waals surface area contributed by atoms with Crippen molar-refractivity contribution in [3.05, 3.63) is 65.2 Å². The number of carbonyl (C=O) groups excluding carboxylic acids is 8. The smallest absolute Gasteiger partial charge is 0.363 e. The van der Waals surface area contributed by atoms with E-state index in [1.165, 1.54) is 30.3 Å². The summed E-state index contributed by atoms with van der Waals surface area (Å²) in [5.41, 5.74) is 0.443. The third kappa shape index (κ3) is 19.6. The van der Waals surface area contributed by atoms with E-state index in [-0.39, 0.29) is 61.4 Å². The van der Waals surface area contributed by atoms with Gasteiger partial charge in [0.05, 0.1) is 12.1 Å². The second-order valence-corrected chi connectivity index (χ2v) is 13.7. The van der Waals surface area contributed by atoms with Crippen molar-refractivity contribution in [3.63, 3.8) is 0 Å². The number of aliphatic carboxylic acids is 3. The number of hydroxylamine groups is 2. The van der Waals surface area contributed by atoms with Gasteiger partial charge >= 0.3 is 23.9 Å². The second-order valence-electron chi connectivity index (χ2n) is 13.7. The molecule has 62 heavy (non-hydrogen) atoms. The number of aldehydes is 1. The molecule has 0 saturated heterocycles. The Morgan fingerprint density at radius 2 is 1.32 bits per heavy atom. The molecule has 22 nitrogen and oxygen atoms in total. The van der Waals surface area contributed by atoms with Gasteiger partial charge in [0.2, 0.25) is 23.6 Å². The van der Waals surface area contributed by atoms with E-state index in [1.807, 2.05) is 0 Å². The molecule has 0 radical (unpaired) electrons. The van der Waals surface area contributed by atoms with Crippen LogP contribution in [0, 0.1) is 0 Å². The summed E-state index contributed by atoms with van der Waals surface area (Å²) >= 11 is 0. The van der Waals surface area contributed by atoms with E-state index in [4.69, 9.17) is 4.84 Å². The van der Waals surface area contributed by atoms with Crippen LogP contribution >= 0.6 is 0 Å². The van der Waals surface area contributed by atoms with Crippen molar-refractivity contribution in [1.82, 2.24) is 31.6 Å². The quantitative estimate of drug-likeness (QED) is 0.0319. The molecule has 2 rings (SSSR count). The van der Waals surface area contributed by atoms with Crippen molar-refractivity contribution in [3.8, 4) is 5.75 Å². The topological polar surface area (TPSA) is 341 Å². The van der Waals surface area contributed by atoms with E-state index >= 15 is 0 Å². The lowest BCUT2D eigenvalue weighted by atomic mass is 10.1. The lowest BCUT2D eigenvalue weighted by molar-refractivity contribution is -0.161. The molecule has 0 spiro atoms. The maximum absolute atomic E-state index is 13.4. The van der Waals surface area contributed by atoms with Gasteiger partial charge in [-0.05, 0) is 74.4 Å². The first kappa shape index (κ1) is 50.8. The summed E-state index contributed by atoms with van der Waals surface area (Å²) in [6.45, 7) is -0.549. The van der Waals surface area contributed by atoms with Gasteiger partial charge in [-0.3, -0.25) is 38.4 Å². The van der Waals surface area contributed by atoms with E-state index in [1.54, 1.807) is 12.1 Å². The maximum atomic E-state index is 13.4. The van der Waals surface area contributed by atoms with Crippen LogP contribution in [-0.2, 0) is 54.4 Å². The number of rotatable bonds is 27. The number of nitrogens with zero attached hydrogens (tertiary/aromatic N) is 1. The van der Waals surface area contributed by atoms with Crippen LogP contribution < -0.4 is 26.6 Å². The van der Waals surface area contributed by atoms with Crippen molar-refractivity contribution < 1.29 is 78.0 Å². The Balaban J connectivity index is 2.00. The fraction of sp³-hybridized carbons (Fsp3) is 0.425. The molecule has 2 aromatic rings. The summed E-state index contributed by atoms with van der Waals surface area (Å²) in [6, 6.07) is 6.60. The molecular weight excluding hydrogens is 820 g/mol. The predicted octanol–water partition coefficient (Wildman–Crippen LogP) is -0.181. The highest BCUT2D eigenvalue weighted by Crippen LogP contribution is 2.13. The number of aromatic hydroxyl groups is 1. The molecular formula is C40H50N6O16. The molecule has 2 aromatic carbocycles. The van der Waals surface area contributed by atoms with E-state index in [0.717, 1.165) is 18.7 Å². The SMILES string of the molecule is CN(OC(=O)c1cccc(C(=O)NC(CCC(=O)O)C(=O)NC(CCC(=O)O)C(=O)NCC(=O)NC(CCCCNC(=O)CCc2ccc(O)cc2)C(=O)O)c1)C(=O)CCC=O. The molecule has 336 valence electrons. The number of aryl methyl sites for hydroxylation is 1. The van der Waals surface area contributed by atoms with Crippen molar-refractivity contribution in [2.75, 3.05) is 20.1 Å². The van der Waals surface area contributed by atoms with Crippen LogP contribution in [0.25, 0.3) is 0 Å². The minimum atomic E-state index is -1.63. The average molecular weight is 871 g/mol. The zero-order valence-corrected chi connectivity index (χ0v) is 33.8. The zero-order chi connectivity index (χ0) is 46.2. The van der Waals surface area contributed by atoms with Crippen LogP contribution in [0.5, 0.6) is 5.75 Å². The van der Waals surface area contributed by atoms with Gasteiger partial charge in [-0.25, -0.2) is 9.59 Å². The fourth-order valence-corrected chi connectivity index (χ4v) is 5.45. The normalized spacial score (nSPS) is 12.0. The number of hydrogen-bond acceptors (Lipinski definition) is 13. The number of carboxylic acid groups (broad SMARTS) is 3. The number of phenolic OH excluding ortho intramolecular Hbond substituents is 1. The number of unbranched alkanes of at least 4 members (excludes halogenated alkanes) is 1. The van der Waals surface area contributed by atoms with Gasteiger partial charge in [0, 0.05) is 51.3 Å². The van der Waals surface area contributed by atoms with Crippen LogP contribution in [0.4, 0.5) is 0 Å². The van der Waals surface area contributed by atoms with Gasteiger partial charge < -0.3 is 56.6 Å². The van der Waals surface area contributed by atoms with Crippen molar-refractivity contribution in [2.24, 2.45) is 0 Å². The molecule has 0 aliphatic carbocycles. The van der Waals surface area contributed by atoms with E-state index in [2.05, 4.69) is 26.6 Å². The highest BCUT2D eigenvalue weighted by atomic mass is 16.7. The Kier molecular flexibility index (Phi) is 21.8. The number of nitrogens with one attached hydrogen (secondary N) is 5. The summed E-state index contributed by atoms with van der Waals surface area (Å²) in [6.07, 6.45) is -0.886. The molecule has 9 N–H and O–H groups in total. The Morgan fingerprint density at radius 3 is 1.94 bits per heavy atom. The van der Waals surface area contributed by atoms with Crippen LogP contribution in [0.3, 0.4) is 0 Å². The van der Waals surface area contributed by atoms with E-state index < -0.39 is 104 Å². The fourth-order valence-electron chi connectivity index (χ4n) is 5.45. The molecule has 0 heterocycles. The molecule has 6 amide bonds. The molecule has 0 aromatic heterocycles. The number of phenols is 1. The standard InChI is InChI=1S/C40H50N6O16/c1-46(33(51)9-5-21-47)62-40(61)26-7-4-6-25(22-26)36(56)44-29(16-19-35(54)55)38(58)45-28(15-18-34(52)53)37(57)42-23-32(50)43-30(39(59)60)8-2-3-20-41-31(49)17-12-24-10-13-27(48)14-11-24/h4,6-7,10-11,13-14,21-22,28-30,48H,2-3,5,8-9,12,15-20,23H2,1H3,(H,41,49)(H,42,57)(H,43,50)(H,44,56)(H,45,58)(H,52,53)(H,54,55)(H,59,60). The molecule has 0 saturated carbocycles. The van der Waals surface area contributed by atoms with Crippen LogP contribution in [-0.4, -0.2) is 129 Å². The lowest BCUT2D eigenvalue weighted by Gasteiger charge is -2.23. The highest BCUT2D eigenvalue weighted by molar-refractivity contribution is 6.01. The maximum Gasteiger partial charge on any atom is 0.363 e. The molecule has 0 aliphatic heterocycles. The largest absolute Gasteiger partial charge is 0.508 e. The van der Waals surface area contributed by atoms with Gasteiger partial charge in [-0.15, -0.1) is 0 Å². The predicted molar refractivity (Wildman–Crippen MR) is 213 cm³/mol. The van der Waals surface area contributed by atoms with E-state index in [9.17, 15) is 73.2 Å². The first-order chi connectivity index (χ1) is 29.4. The summed E-state index contributed by atoms with van der Waals surface area (Å²) in [7, 11) is 1.14. The van der Waals surface area contributed by atoms with Gasteiger partial charge in [0.15, 0.2) is 0 Å². The first-order valence-electron chi connectivity index (χ1n) is 19.3. The minimum absolute atomic E-state index is 0.0324. The second kappa shape index (κ2) is 26.7. The van der Waals surface area contributed by atoms with Crippen LogP contribution in [0.2, 0.25) is 0 Å². The number of hydrogen-bond donors (Lipinski definition) is 9. The summed E-state index contributed by atoms with van der Waals surface area (Å²) < 4.78 is 0. The van der Waals surface area contributed by atoms with Crippen LogP contribution in [0.1, 0.15) is 90.5 Å². The Bertz CT molecular complexity index is 1940. The number of benzene rings is 2. The number of carbonyl (C=O) groups is 11. The minimum Gasteiger partial charge on any atom is -0.508 e. The molecule has 0 fully saturated rings. The summed E-state index contributed by atoms with van der Waals surface area (Å²) in [4.78, 5) is 139. The van der Waals surface area contributed by atoms with Gasteiger partial charge in [-0.1, -0.05) is 18.2 Å². The monoisotopic (exact) mass is 870 g/mol. The number of amides is 6. The van der Waals surface area contributed by atoms with Gasteiger partial charge in [0.25, 0.3) is 11.8 Å². The summed E-state index contributed by atoms with van der Waals surface area (Å²) in [5, 5.41) is 49.9. The third-order valence-electron chi connectivity index (χ3n) is 8.83. The zero-order valence-electron chi connectivity index (χ0n) is 33.8. The Morgan fingerprint density at radius 1 is 0.694 bits per heavy atom. The average Bonchev–Trinajstić information content (AvgIpc) is 3.23. The van der Waals surface area contributed by atoms with Crippen molar-refractivity contribution >= 4 is 65.6 Å². The summed E-state index contributed by atoms with van der Waals surface area (Å²) in [5.74, 6) is -10.0. The number of carboxylic acids is 3. The van der Waals surface area contributed by atoms with Crippen molar-refractivity contribution in [1.29, 1.82) is 0 Å². The first-order valence-corrected chi connectivity index (χ1v) is 19.3. The molecule has 3 unspecified atom stereocenters. The van der Waals surface area contributed by atoms with Crippen molar-refractivity contribution in [2.45, 2.75) is 88.8 Å². The van der Waals surface area contributed by atoms with E-state index in [0.29, 0.717) is 24.2 Å². The molecule has 0 bridgehead atoms. The lowest BCUT2D eigenvalue weighted by Crippen LogP contribution is -2.55. The van der Waals surface area contributed by atoms with Gasteiger partial charge in [-0.2, -0.15) is 5.06 Å². The third-order valence-corrected chi connectivity index (χ3v) is 8.83.